The Morgan fingerprint density at radius 3 is 2.66 bits per heavy atom. The van der Waals surface area contributed by atoms with Crippen molar-refractivity contribution in [1.82, 2.24) is 20.4 Å². The summed E-state index contributed by atoms with van der Waals surface area (Å²) in [5.74, 6) is 1.59. The highest BCUT2D eigenvalue weighted by Gasteiger charge is 2.27. The molecule has 1 N–H and O–H groups in total. The molecule has 3 heterocycles. The number of likely N-dealkylation sites (tertiary alicyclic amines) is 1. The van der Waals surface area contributed by atoms with E-state index in [1.807, 2.05) is 24.3 Å². The normalized spacial score (nSPS) is 20.3. The average Bonchev–Trinajstić information content (AvgIpc) is 3.33. The zero-order valence-electron chi connectivity index (χ0n) is 19.3. The van der Waals surface area contributed by atoms with Crippen LogP contribution in [0.5, 0.6) is 5.75 Å². The maximum atomic E-state index is 12.6. The maximum Gasteiger partial charge on any atom is 0.324 e. The first-order valence-electron chi connectivity index (χ1n) is 11.9. The van der Waals surface area contributed by atoms with Crippen molar-refractivity contribution in [2.75, 3.05) is 44.7 Å². The van der Waals surface area contributed by atoms with E-state index in [1.54, 1.807) is 7.11 Å². The highest BCUT2D eigenvalue weighted by atomic mass is 16.5. The SMILES string of the molecule is COc1ccc(-c2noc(N3CCC(C(=O)NCCCN4CCCC[C@H]4C)CC3)n2)cc1. The van der Waals surface area contributed by atoms with Crippen LogP contribution in [0.4, 0.5) is 6.01 Å². The Bertz CT molecular complexity index is 861. The van der Waals surface area contributed by atoms with Gasteiger partial charge in [-0.15, -0.1) is 0 Å². The van der Waals surface area contributed by atoms with Crippen molar-refractivity contribution in [3.63, 3.8) is 0 Å². The van der Waals surface area contributed by atoms with Crippen molar-refractivity contribution in [3.8, 4) is 17.1 Å². The number of hydrogen-bond acceptors (Lipinski definition) is 7. The number of piperidine rings is 2. The van der Waals surface area contributed by atoms with Gasteiger partial charge in [-0.2, -0.15) is 4.98 Å². The van der Waals surface area contributed by atoms with E-state index in [9.17, 15) is 4.79 Å². The van der Waals surface area contributed by atoms with E-state index in [2.05, 4.69) is 32.2 Å². The number of hydrogen-bond donors (Lipinski definition) is 1. The topological polar surface area (TPSA) is 83.7 Å². The van der Waals surface area contributed by atoms with Gasteiger partial charge in [-0.25, -0.2) is 0 Å². The van der Waals surface area contributed by atoms with Gasteiger partial charge in [-0.1, -0.05) is 11.6 Å². The summed E-state index contributed by atoms with van der Waals surface area (Å²) < 4.78 is 10.7. The number of benzene rings is 1. The summed E-state index contributed by atoms with van der Waals surface area (Å²) in [5.41, 5.74) is 0.883. The summed E-state index contributed by atoms with van der Waals surface area (Å²) >= 11 is 0. The molecule has 2 aromatic rings. The number of rotatable bonds is 8. The van der Waals surface area contributed by atoms with Crippen LogP contribution >= 0.6 is 0 Å². The van der Waals surface area contributed by atoms with Crippen molar-refractivity contribution < 1.29 is 14.1 Å². The molecule has 0 radical (unpaired) electrons. The van der Waals surface area contributed by atoms with Crippen molar-refractivity contribution in [1.29, 1.82) is 0 Å². The number of amides is 1. The summed E-state index contributed by atoms with van der Waals surface area (Å²) in [6, 6.07) is 8.78. The monoisotopic (exact) mass is 441 g/mol. The molecule has 0 unspecified atom stereocenters. The summed E-state index contributed by atoms with van der Waals surface area (Å²) in [6.45, 7) is 6.84. The first-order chi connectivity index (χ1) is 15.6. The third kappa shape index (κ3) is 5.59. The fraction of sp³-hybridized carbons (Fsp3) is 0.625. The van der Waals surface area contributed by atoms with E-state index in [0.29, 0.717) is 17.9 Å². The molecule has 8 heteroatoms. The Balaban J connectivity index is 1.19. The second kappa shape index (κ2) is 10.8. The van der Waals surface area contributed by atoms with E-state index in [1.165, 1.54) is 25.8 Å². The lowest BCUT2D eigenvalue weighted by atomic mass is 9.96. The van der Waals surface area contributed by atoms with Gasteiger partial charge in [0.2, 0.25) is 11.7 Å². The standard InChI is InChI=1S/C24H35N5O3/c1-18-6-3-4-14-28(18)15-5-13-25-23(30)20-11-16-29(17-12-20)24-26-22(27-32-24)19-7-9-21(31-2)10-8-19/h7-10,18,20H,3-6,11-17H2,1-2H3,(H,25,30)/t18-/m1/s1. The molecule has 32 heavy (non-hydrogen) atoms. The lowest BCUT2D eigenvalue weighted by Gasteiger charge is -2.33. The van der Waals surface area contributed by atoms with Gasteiger partial charge in [0, 0.05) is 43.7 Å². The number of nitrogens with zero attached hydrogens (tertiary/aromatic N) is 4. The molecule has 0 saturated carbocycles. The minimum absolute atomic E-state index is 0.0594. The third-order valence-corrected chi connectivity index (χ3v) is 6.76. The number of carbonyl (C=O) groups is 1. The number of anilines is 1. The molecule has 0 spiro atoms. The van der Waals surface area contributed by atoms with Crippen LogP contribution < -0.4 is 15.0 Å². The van der Waals surface area contributed by atoms with Gasteiger partial charge in [0.25, 0.3) is 0 Å². The molecule has 1 aromatic carbocycles. The number of ether oxygens (including phenoxy) is 1. The molecular weight excluding hydrogens is 406 g/mol. The lowest BCUT2D eigenvalue weighted by Crippen LogP contribution is -2.42. The Morgan fingerprint density at radius 2 is 1.94 bits per heavy atom. The fourth-order valence-electron chi connectivity index (χ4n) is 4.66. The Labute approximate surface area is 190 Å². The van der Waals surface area contributed by atoms with E-state index in [0.717, 1.165) is 56.8 Å². The van der Waals surface area contributed by atoms with Gasteiger partial charge in [0.05, 0.1) is 7.11 Å². The second-order valence-electron chi connectivity index (χ2n) is 8.92. The molecule has 174 valence electrons. The van der Waals surface area contributed by atoms with E-state index in [-0.39, 0.29) is 11.8 Å². The van der Waals surface area contributed by atoms with Crippen LogP contribution in [-0.4, -0.2) is 66.8 Å². The summed E-state index contributed by atoms with van der Waals surface area (Å²) in [5, 5.41) is 7.26. The van der Waals surface area contributed by atoms with Gasteiger partial charge >= 0.3 is 6.01 Å². The molecule has 2 fully saturated rings. The molecule has 2 saturated heterocycles. The van der Waals surface area contributed by atoms with Gasteiger partial charge in [0.15, 0.2) is 0 Å². The quantitative estimate of drug-likeness (QED) is 0.629. The Hall–Kier alpha value is -2.61. The number of aromatic nitrogens is 2. The predicted molar refractivity (Wildman–Crippen MR) is 124 cm³/mol. The molecule has 8 nitrogen and oxygen atoms in total. The van der Waals surface area contributed by atoms with Crippen LogP contribution in [-0.2, 0) is 4.79 Å². The minimum Gasteiger partial charge on any atom is -0.497 e. The number of carbonyl (C=O) groups excluding carboxylic acids is 1. The highest BCUT2D eigenvalue weighted by Crippen LogP contribution is 2.26. The molecule has 2 aliphatic rings. The molecular formula is C24H35N5O3. The molecule has 2 aliphatic heterocycles. The maximum absolute atomic E-state index is 12.6. The van der Waals surface area contributed by atoms with Crippen LogP contribution in [0.25, 0.3) is 11.4 Å². The fourth-order valence-corrected chi connectivity index (χ4v) is 4.66. The minimum atomic E-state index is 0.0594. The van der Waals surface area contributed by atoms with Gasteiger partial charge in [0.1, 0.15) is 5.75 Å². The Kier molecular flexibility index (Phi) is 7.63. The first kappa shape index (κ1) is 22.6. The lowest BCUT2D eigenvalue weighted by molar-refractivity contribution is -0.125. The van der Waals surface area contributed by atoms with Crippen LogP contribution in [0, 0.1) is 5.92 Å². The predicted octanol–water partition coefficient (Wildman–Crippen LogP) is 3.34. The highest BCUT2D eigenvalue weighted by molar-refractivity contribution is 5.78. The van der Waals surface area contributed by atoms with Crippen LogP contribution in [0.3, 0.4) is 0 Å². The molecule has 1 aromatic heterocycles. The Morgan fingerprint density at radius 1 is 1.16 bits per heavy atom. The van der Waals surface area contributed by atoms with Crippen LogP contribution in [0.1, 0.15) is 45.4 Å². The molecule has 0 bridgehead atoms. The average molecular weight is 442 g/mol. The van der Waals surface area contributed by atoms with E-state index in [4.69, 9.17) is 9.26 Å². The molecule has 1 amide bonds. The number of nitrogens with one attached hydrogen (secondary N) is 1. The van der Waals surface area contributed by atoms with Crippen LogP contribution in [0.15, 0.2) is 28.8 Å². The van der Waals surface area contributed by atoms with Crippen LogP contribution in [0.2, 0.25) is 0 Å². The van der Waals surface area contributed by atoms with Crippen molar-refractivity contribution in [2.24, 2.45) is 5.92 Å². The zero-order valence-corrected chi connectivity index (χ0v) is 19.3. The molecule has 0 aliphatic carbocycles. The summed E-state index contributed by atoms with van der Waals surface area (Å²) in [6.07, 6.45) is 6.57. The zero-order chi connectivity index (χ0) is 22.3. The van der Waals surface area contributed by atoms with Crippen molar-refractivity contribution in [3.05, 3.63) is 24.3 Å². The summed E-state index contributed by atoms with van der Waals surface area (Å²) in [4.78, 5) is 21.8. The smallest absolute Gasteiger partial charge is 0.324 e. The van der Waals surface area contributed by atoms with Gasteiger partial charge < -0.3 is 24.4 Å². The third-order valence-electron chi connectivity index (χ3n) is 6.76. The van der Waals surface area contributed by atoms with Gasteiger partial charge in [-0.05, 0) is 69.8 Å². The second-order valence-corrected chi connectivity index (χ2v) is 8.92. The largest absolute Gasteiger partial charge is 0.497 e. The summed E-state index contributed by atoms with van der Waals surface area (Å²) in [7, 11) is 1.64. The first-order valence-corrected chi connectivity index (χ1v) is 11.9. The van der Waals surface area contributed by atoms with Gasteiger partial charge in [-0.3, -0.25) is 4.79 Å². The van der Waals surface area contributed by atoms with Crippen molar-refractivity contribution in [2.45, 2.75) is 51.5 Å². The molecule has 4 rings (SSSR count). The number of methoxy groups -OCH3 is 1. The van der Waals surface area contributed by atoms with E-state index < -0.39 is 0 Å². The van der Waals surface area contributed by atoms with E-state index >= 15 is 0 Å². The molecule has 1 atom stereocenters. The van der Waals surface area contributed by atoms with Crippen molar-refractivity contribution >= 4 is 11.9 Å².